The number of thiazole rings is 1. The molecule has 2 heterocycles. The van der Waals surface area contributed by atoms with Gasteiger partial charge in [-0.15, -0.1) is 0 Å². The molecule has 0 aliphatic carbocycles. The first kappa shape index (κ1) is 16.7. The van der Waals surface area contributed by atoms with Crippen molar-refractivity contribution in [3.05, 3.63) is 54.1 Å². The number of carbonyl (C=O) groups is 2. The van der Waals surface area contributed by atoms with Crippen LogP contribution in [0.2, 0.25) is 0 Å². The number of hydrogen-bond acceptors (Lipinski definition) is 6. The average Bonchev–Trinajstić information content (AvgIpc) is 3.20. The number of hydrazine groups is 1. The van der Waals surface area contributed by atoms with E-state index in [-0.39, 0.29) is 18.2 Å². The second kappa shape index (κ2) is 6.86. The number of aryl methyl sites for hydroxylation is 1. The first-order valence-electron chi connectivity index (χ1n) is 8.48. The number of fused-ring (bicyclic) bond motifs is 1. The summed E-state index contributed by atoms with van der Waals surface area (Å²) >= 11 is 1.49. The van der Waals surface area contributed by atoms with Crippen molar-refractivity contribution in [3.63, 3.8) is 0 Å². The van der Waals surface area contributed by atoms with E-state index in [1.807, 2.05) is 48.5 Å². The summed E-state index contributed by atoms with van der Waals surface area (Å²) in [6, 6.07) is 14.7. The van der Waals surface area contributed by atoms with Crippen molar-refractivity contribution in [3.8, 4) is 0 Å². The van der Waals surface area contributed by atoms with Crippen LogP contribution < -0.4 is 15.8 Å². The molecule has 0 saturated carbocycles. The predicted molar refractivity (Wildman–Crippen MR) is 103 cm³/mol. The Morgan fingerprint density at radius 3 is 2.65 bits per heavy atom. The van der Waals surface area contributed by atoms with E-state index < -0.39 is 6.04 Å². The molecule has 1 aromatic heterocycles. The molecular formula is C19H18N4O2S. The molecule has 4 rings (SSSR count). The van der Waals surface area contributed by atoms with E-state index in [9.17, 15) is 9.59 Å². The fourth-order valence-electron chi connectivity index (χ4n) is 2.97. The Labute approximate surface area is 154 Å². The molecule has 0 bridgehead atoms. The second-order valence-electron chi connectivity index (χ2n) is 6.10. The van der Waals surface area contributed by atoms with Crippen LogP contribution in [0.5, 0.6) is 0 Å². The lowest BCUT2D eigenvalue weighted by Crippen LogP contribution is -2.41. The molecule has 2 amide bonds. The van der Waals surface area contributed by atoms with E-state index >= 15 is 0 Å². The normalized spacial score (nSPS) is 17.3. The van der Waals surface area contributed by atoms with Crippen molar-refractivity contribution in [1.82, 2.24) is 10.4 Å². The highest BCUT2D eigenvalue weighted by molar-refractivity contribution is 7.22. The maximum Gasteiger partial charge on any atom is 0.253 e. The quantitative estimate of drug-likeness (QED) is 0.536. The molecule has 6 nitrogen and oxygen atoms in total. The van der Waals surface area contributed by atoms with Gasteiger partial charge < -0.3 is 0 Å². The zero-order valence-electron chi connectivity index (χ0n) is 14.2. The monoisotopic (exact) mass is 366 g/mol. The Morgan fingerprint density at radius 2 is 1.92 bits per heavy atom. The number of aromatic nitrogens is 1. The number of hydrogen-bond donors (Lipinski definition) is 2. The van der Waals surface area contributed by atoms with E-state index in [4.69, 9.17) is 0 Å². The van der Waals surface area contributed by atoms with Gasteiger partial charge in [-0.1, -0.05) is 42.5 Å². The molecule has 1 saturated heterocycles. The third-order valence-corrected chi connectivity index (χ3v) is 5.35. The molecule has 0 radical (unpaired) electrons. The molecule has 1 fully saturated rings. The summed E-state index contributed by atoms with van der Waals surface area (Å²) in [6.45, 7) is 2.06. The van der Waals surface area contributed by atoms with Crippen LogP contribution in [0.15, 0.2) is 48.5 Å². The van der Waals surface area contributed by atoms with E-state index in [2.05, 4.69) is 22.8 Å². The van der Waals surface area contributed by atoms with Gasteiger partial charge in [-0.2, -0.15) is 0 Å². The van der Waals surface area contributed by atoms with Crippen molar-refractivity contribution < 1.29 is 9.59 Å². The van der Waals surface area contributed by atoms with Crippen molar-refractivity contribution in [2.75, 3.05) is 10.3 Å². The summed E-state index contributed by atoms with van der Waals surface area (Å²) < 4.78 is 1.06. The summed E-state index contributed by atoms with van der Waals surface area (Å²) in [4.78, 5) is 30.7. The van der Waals surface area contributed by atoms with Gasteiger partial charge >= 0.3 is 0 Å². The van der Waals surface area contributed by atoms with Crippen LogP contribution >= 0.6 is 11.3 Å². The van der Waals surface area contributed by atoms with E-state index in [1.54, 1.807) is 0 Å². The number of nitrogens with zero attached hydrogens (tertiary/aromatic N) is 2. The first-order valence-corrected chi connectivity index (χ1v) is 9.30. The van der Waals surface area contributed by atoms with Crippen LogP contribution in [0.1, 0.15) is 18.9 Å². The maximum atomic E-state index is 12.6. The predicted octanol–water partition coefficient (Wildman–Crippen LogP) is 3.11. The highest BCUT2D eigenvalue weighted by atomic mass is 32.1. The zero-order valence-corrected chi connectivity index (χ0v) is 15.0. The van der Waals surface area contributed by atoms with Crippen LogP contribution in [-0.4, -0.2) is 22.8 Å². The topological polar surface area (TPSA) is 74.3 Å². The Bertz CT molecular complexity index is 934. The SMILES string of the molecule is CCc1ccc(N2C(=O)C[C@H](NNc3nc4ccccc4s3)C2=O)cc1. The largest absolute Gasteiger partial charge is 0.296 e. The standard InChI is InChI=1S/C19H18N4O2S/c1-2-12-7-9-13(10-8-12)23-17(24)11-15(18(23)25)21-22-19-20-14-5-3-4-6-16(14)26-19/h3-10,15,21H,2,11H2,1H3,(H,20,22)/t15-/m0/s1. The molecule has 3 aromatic rings. The molecule has 0 spiro atoms. The van der Waals surface area contributed by atoms with Gasteiger partial charge in [-0.25, -0.2) is 15.3 Å². The maximum absolute atomic E-state index is 12.6. The number of rotatable bonds is 5. The highest BCUT2D eigenvalue weighted by Gasteiger charge is 2.39. The lowest BCUT2D eigenvalue weighted by atomic mass is 10.1. The van der Waals surface area contributed by atoms with Gasteiger partial charge in [0.1, 0.15) is 6.04 Å². The molecule has 26 heavy (non-hydrogen) atoms. The third kappa shape index (κ3) is 3.07. The van der Waals surface area contributed by atoms with E-state index in [0.29, 0.717) is 10.8 Å². The lowest BCUT2D eigenvalue weighted by Gasteiger charge is -2.16. The van der Waals surface area contributed by atoms with Crippen LogP contribution in [0.3, 0.4) is 0 Å². The summed E-state index contributed by atoms with van der Waals surface area (Å²) in [6.07, 6.45) is 1.03. The molecule has 1 atom stereocenters. The van der Waals surface area contributed by atoms with Gasteiger partial charge in [0.2, 0.25) is 5.91 Å². The molecule has 2 aromatic carbocycles. The molecule has 2 N–H and O–H groups in total. The summed E-state index contributed by atoms with van der Waals surface area (Å²) in [7, 11) is 0. The van der Waals surface area contributed by atoms with Gasteiger partial charge in [-0.3, -0.25) is 15.0 Å². The third-order valence-electron chi connectivity index (χ3n) is 4.40. The molecule has 1 aliphatic heterocycles. The summed E-state index contributed by atoms with van der Waals surface area (Å²) in [5.74, 6) is -0.462. The van der Waals surface area contributed by atoms with Crippen molar-refractivity contribution in [2.24, 2.45) is 0 Å². The Hall–Kier alpha value is -2.77. The minimum Gasteiger partial charge on any atom is -0.296 e. The van der Waals surface area contributed by atoms with Gasteiger partial charge in [0.25, 0.3) is 5.91 Å². The number of benzene rings is 2. The van der Waals surface area contributed by atoms with Crippen LogP contribution in [0.4, 0.5) is 10.8 Å². The van der Waals surface area contributed by atoms with Gasteiger partial charge in [0, 0.05) is 0 Å². The number of nitrogens with one attached hydrogen (secondary N) is 2. The number of carbonyl (C=O) groups excluding carboxylic acids is 2. The smallest absolute Gasteiger partial charge is 0.253 e. The average molecular weight is 366 g/mol. The van der Waals surface area contributed by atoms with Gasteiger partial charge in [-0.05, 0) is 36.2 Å². The minimum atomic E-state index is -0.611. The van der Waals surface area contributed by atoms with Gasteiger partial charge in [0.05, 0.1) is 22.3 Å². The van der Waals surface area contributed by atoms with Gasteiger partial charge in [0.15, 0.2) is 5.13 Å². The zero-order chi connectivity index (χ0) is 18.1. The van der Waals surface area contributed by atoms with Crippen molar-refractivity contribution in [2.45, 2.75) is 25.8 Å². The fraction of sp³-hybridized carbons (Fsp3) is 0.211. The number of imide groups is 1. The van der Waals surface area contributed by atoms with Crippen LogP contribution in [0, 0.1) is 0 Å². The van der Waals surface area contributed by atoms with Crippen molar-refractivity contribution in [1.29, 1.82) is 0 Å². The summed E-state index contributed by atoms with van der Waals surface area (Å²) in [5.41, 5.74) is 8.60. The van der Waals surface area contributed by atoms with Crippen LogP contribution in [0.25, 0.3) is 10.2 Å². The minimum absolute atomic E-state index is 0.117. The number of anilines is 2. The Morgan fingerprint density at radius 1 is 1.15 bits per heavy atom. The Balaban J connectivity index is 1.46. The molecular weight excluding hydrogens is 348 g/mol. The molecule has 0 unspecified atom stereocenters. The number of para-hydroxylation sites is 1. The molecule has 132 valence electrons. The lowest BCUT2D eigenvalue weighted by molar-refractivity contribution is -0.121. The van der Waals surface area contributed by atoms with E-state index in [0.717, 1.165) is 16.6 Å². The molecule has 1 aliphatic rings. The second-order valence-corrected chi connectivity index (χ2v) is 7.13. The first-order chi connectivity index (χ1) is 12.7. The van der Waals surface area contributed by atoms with E-state index in [1.165, 1.54) is 21.8 Å². The highest BCUT2D eigenvalue weighted by Crippen LogP contribution is 2.26. The Kier molecular flexibility index (Phi) is 4.40. The van der Waals surface area contributed by atoms with Crippen LogP contribution in [-0.2, 0) is 16.0 Å². The van der Waals surface area contributed by atoms with Crippen molar-refractivity contribution >= 4 is 44.2 Å². The molecule has 7 heteroatoms. The fourth-order valence-corrected chi connectivity index (χ4v) is 3.80. The summed E-state index contributed by atoms with van der Waals surface area (Å²) in [5, 5.41) is 0.664. The number of amides is 2.